The molecular weight excluding hydrogens is 330 g/mol. The lowest BCUT2D eigenvalue weighted by atomic mass is 9.88. The molecule has 3 unspecified atom stereocenters. The molecule has 0 aromatic heterocycles. The number of benzene rings is 1. The Balaban J connectivity index is 1.75. The second-order valence-electron chi connectivity index (χ2n) is 6.05. The third-order valence-electron chi connectivity index (χ3n) is 4.78. The van der Waals surface area contributed by atoms with Crippen LogP contribution in [-0.4, -0.2) is 42.0 Å². The van der Waals surface area contributed by atoms with Crippen molar-refractivity contribution in [1.82, 2.24) is 4.90 Å². The van der Waals surface area contributed by atoms with Crippen molar-refractivity contribution >= 4 is 21.7 Å². The largest absolute Gasteiger partial charge is 0.375 e. The van der Waals surface area contributed by atoms with Gasteiger partial charge < -0.3 is 4.74 Å². The fraction of sp³-hybridized carbons (Fsp3) is 0.588. The van der Waals surface area contributed by atoms with E-state index in [0.29, 0.717) is 12.1 Å². The first kappa shape index (κ1) is 15.2. The van der Waals surface area contributed by atoms with E-state index >= 15 is 0 Å². The van der Waals surface area contributed by atoms with E-state index < -0.39 is 0 Å². The maximum atomic E-state index is 12.7. The van der Waals surface area contributed by atoms with Gasteiger partial charge in [0.2, 0.25) is 0 Å². The molecule has 0 amide bonds. The molecule has 4 heteroatoms. The van der Waals surface area contributed by atoms with E-state index in [1.54, 1.807) is 0 Å². The SMILES string of the molecule is CC(C(=O)c1ccc(Br)cc1)N1CCOC2CCCCC21. The van der Waals surface area contributed by atoms with Gasteiger partial charge in [0.05, 0.1) is 18.8 Å². The molecule has 1 aliphatic heterocycles. The van der Waals surface area contributed by atoms with Gasteiger partial charge in [0.25, 0.3) is 0 Å². The zero-order chi connectivity index (χ0) is 14.8. The highest BCUT2D eigenvalue weighted by Gasteiger charge is 2.38. The van der Waals surface area contributed by atoms with Gasteiger partial charge in [0.1, 0.15) is 0 Å². The number of ketones is 1. The van der Waals surface area contributed by atoms with Gasteiger partial charge in [0.15, 0.2) is 5.78 Å². The number of carbonyl (C=O) groups excluding carboxylic acids is 1. The second-order valence-corrected chi connectivity index (χ2v) is 6.96. The molecule has 3 atom stereocenters. The van der Waals surface area contributed by atoms with Gasteiger partial charge in [0, 0.05) is 22.6 Å². The molecule has 2 fully saturated rings. The van der Waals surface area contributed by atoms with Crippen LogP contribution in [0.25, 0.3) is 0 Å². The number of nitrogens with zero attached hydrogens (tertiary/aromatic N) is 1. The van der Waals surface area contributed by atoms with E-state index in [0.717, 1.165) is 36.0 Å². The van der Waals surface area contributed by atoms with E-state index in [9.17, 15) is 4.79 Å². The number of hydrogen-bond donors (Lipinski definition) is 0. The second kappa shape index (κ2) is 6.59. The Morgan fingerprint density at radius 2 is 2.00 bits per heavy atom. The summed E-state index contributed by atoms with van der Waals surface area (Å²) in [5, 5.41) is 0. The lowest BCUT2D eigenvalue weighted by Crippen LogP contribution is -2.57. The minimum Gasteiger partial charge on any atom is -0.375 e. The normalized spacial score (nSPS) is 27.9. The molecule has 3 nitrogen and oxygen atoms in total. The molecule has 2 aliphatic rings. The minimum absolute atomic E-state index is 0.0688. The predicted octanol–water partition coefficient (Wildman–Crippen LogP) is 3.66. The van der Waals surface area contributed by atoms with Crippen molar-refractivity contribution in [3.05, 3.63) is 34.3 Å². The summed E-state index contributed by atoms with van der Waals surface area (Å²) in [7, 11) is 0. The van der Waals surface area contributed by atoms with Crippen LogP contribution in [0.4, 0.5) is 0 Å². The van der Waals surface area contributed by atoms with Crippen molar-refractivity contribution in [2.24, 2.45) is 0 Å². The van der Waals surface area contributed by atoms with E-state index in [-0.39, 0.29) is 11.8 Å². The molecule has 1 aliphatic carbocycles. The van der Waals surface area contributed by atoms with Crippen molar-refractivity contribution < 1.29 is 9.53 Å². The van der Waals surface area contributed by atoms with Crippen LogP contribution in [-0.2, 0) is 4.74 Å². The summed E-state index contributed by atoms with van der Waals surface area (Å²) in [6, 6.07) is 8.02. The summed E-state index contributed by atoms with van der Waals surface area (Å²) < 4.78 is 6.91. The molecule has 3 rings (SSSR count). The summed E-state index contributed by atoms with van der Waals surface area (Å²) >= 11 is 3.42. The summed E-state index contributed by atoms with van der Waals surface area (Å²) in [6.45, 7) is 3.66. The summed E-state index contributed by atoms with van der Waals surface area (Å²) in [6.07, 6.45) is 5.13. The van der Waals surface area contributed by atoms with Gasteiger partial charge >= 0.3 is 0 Å². The molecule has 1 saturated carbocycles. The van der Waals surface area contributed by atoms with Gasteiger partial charge in [-0.2, -0.15) is 0 Å². The van der Waals surface area contributed by atoms with Crippen LogP contribution in [0, 0.1) is 0 Å². The van der Waals surface area contributed by atoms with Crippen LogP contribution in [0.1, 0.15) is 43.0 Å². The molecule has 1 heterocycles. The molecule has 1 aromatic carbocycles. The van der Waals surface area contributed by atoms with Crippen LogP contribution in [0.3, 0.4) is 0 Å². The van der Waals surface area contributed by atoms with Crippen LogP contribution in [0.15, 0.2) is 28.7 Å². The van der Waals surface area contributed by atoms with E-state index in [1.165, 1.54) is 12.8 Å². The Bertz CT molecular complexity index is 500. The van der Waals surface area contributed by atoms with Crippen LogP contribution in [0.2, 0.25) is 0 Å². The maximum absolute atomic E-state index is 12.7. The monoisotopic (exact) mass is 351 g/mol. The quantitative estimate of drug-likeness (QED) is 0.778. The first-order valence-corrected chi connectivity index (χ1v) is 8.63. The van der Waals surface area contributed by atoms with Gasteiger partial charge in [-0.1, -0.05) is 40.9 Å². The minimum atomic E-state index is -0.0688. The lowest BCUT2D eigenvalue weighted by Gasteiger charge is -2.46. The number of fused-ring (bicyclic) bond motifs is 1. The van der Waals surface area contributed by atoms with Gasteiger partial charge in [-0.05, 0) is 31.9 Å². The molecule has 1 aromatic rings. The van der Waals surface area contributed by atoms with E-state index in [4.69, 9.17) is 4.74 Å². The van der Waals surface area contributed by atoms with Crippen molar-refractivity contribution in [2.45, 2.75) is 50.8 Å². The molecule has 21 heavy (non-hydrogen) atoms. The third-order valence-corrected chi connectivity index (χ3v) is 5.31. The molecule has 0 bridgehead atoms. The number of ether oxygens (including phenoxy) is 1. The Hall–Kier alpha value is -0.710. The Kier molecular flexibility index (Phi) is 4.77. The fourth-order valence-electron chi connectivity index (χ4n) is 3.61. The Morgan fingerprint density at radius 3 is 2.76 bits per heavy atom. The van der Waals surface area contributed by atoms with Crippen molar-refractivity contribution in [3.63, 3.8) is 0 Å². The van der Waals surface area contributed by atoms with Crippen molar-refractivity contribution in [3.8, 4) is 0 Å². The number of rotatable bonds is 3. The van der Waals surface area contributed by atoms with E-state index in [1.807, 2.05) is 31.2 Å². The average Bonchev–Trinajstić information content (AvgIpc) is 2.53. The van der Waals surface area contributed by atoms with Gasteiger partial charge in [-0.25, -0.2) is 0 Å². The standard InChI is InChI=1S/C17H22BrNO2/c1-12(17(20)13-6-8-14(18)9-7-13)19-10-11-21-16-5-3-2-4-15(16)19/h6-9,12,15-16H,2-5,10-11H2,1H3. The fourth-order valence-corrected chi connectivity index (χ4v) is 3.88. The summed E-state index contributed by atoms with van der Waals surface area (Å²) in [4.78, 5) is 15.1. The smallest absolute Gasteiger partial charge is 0.179 e. The van der Waals surface area contributed by atoms with Gasteiger partial charge in [-0.15, -0.1) is 0 Å². The summed E-state index contributed by atoms with van der Waals surface area (Å²) in [5.41, 5.74) is 0.796. The molecule has 0 radical (unpaired) electrons. The molecule has 1 saturated heterocycles. The maximum Gasteiger partial charge on any atom is 0.179 e. The highest BCUT2D eigenvalue weighted by atomic mass is 79.9. The highest BCUT2D eigenvalue weighted by molar-refractivity contribution is 9.10. The van der Waals surface area contributed by atoms with Crippen LogP contribution >= 0.6 is 15.9 Å². The summed E-state index contributed by atoms with van der Waals surface area (Å²) in [5.74, 6) is 0.216. The first-order chi connectivity index (χ1) is 10.2. The number of hydrogen-bond acceptors (Lipinski definition) is 3. The predicted molar refractivity (Wildman–Crippen MR) is 86.6 cm³/mol. The molecular formula is C17H22BrNO2. The van der Waals surface area contributed by atoms with E-state index in [2.05, 4.69) is 20.8 Å². The third kappa shape index (κ3) is 3.22. The van der Waals surface area contributed by atoms with Crippen molar-refractivity contribution in [2.75, 3.05) is 13.2 Å². The zero-order valence-electron chi connectivity index (χ0n) is 12.4. The molecule has 114 valence electrons. The Labute approximate surface area is 134 Å². The zero-order valence-corrected chi connectivity index (χ0v) is 14.0. The molecule has 0 spiro atoms. The van der Waals surface area contributed by atoms with Crippen LogP contribution in [0.5, 0.6) is 0 Å². The first-order valence-electron chi connectivity index (χ1n) is 7.84. The molecule has 0 N–H and O–H groups in total. The van der Waals surface area contributed by atoms with Crippen LogP contribution < -0.4 is 0 Å². The number of Topliss-reactive ketones (excluding diaryl/α,β-unsaturated/α-hetero) is 1. The van der Waals surface area contributed by atoms with Crippen molar-refractivity contribution in [1.29, 1.82) is 0 Å². The highest BCUT2D eigenvalue weighted by Crippen LogP contribution is 2.30. The lowest BCUT2D eigenvalue weighted by molar-refractivity contribution is -0.0953. The van der Waals surface area contributed by atoms with Gasteiger partial charge in [-0.3, -0.25) is 9.69 Å². The number of carbonyl (C=O) groups is 1. The number of morpholine rings is 1. The Morgan fingerprint density at radius 1 is 1.29 bits per heavy atom. The number of halogens is 1. The average molecular weight is 352 g/mol. The topological polar surface area (TPSA) is 29.5 Å².